The van der Waals surface area contributed by atoms with Crippen LogP contribution in [0.5, 0.6) is 0 Å². The normalized spacial score (nSPS) is 9.43. The summed E-state index contributed by atoms with van der Waals surface area (Å²) in [6, 6.07) is 0. The summed E-state index contributed by atoms with van der Waals surface area (Å²) < 4.78 is 41.6. The molecule has 0 aromatic heterocycles. The molecular weight excluding hydrogens is 139 g/mol. The Morgan fingerprint density at radius 1 is 0.714 bits per heavy atom. The summed E-state index contributed by atoms with van der Waals surface area (Å²) >= 11 is 0. The molecule has 0 rings (SSSR count). The van der Waals surface area contributed by atoms with Gasteiger partial charge in [-0.25, -0.2) is 17.6 Å². The molecule has 0 heterocycles. The van der Waals surface area contributed by atoms with Crippen molar-refractivity contribution in [2.45, 2.75) is 12.9 Å². The maximum atomic E-state index is 10.4. The zero-order valence-electron chi connectivity index (χ0n) is 2.67. The summed E-state index contributed by atoms with van der Waals surface area (Å²) in [4.78, 5) is 0. The van der Waals surface area contributed by atoms with E-state index >= 15 is 0 Å². The summed E-state index contributed by atoms with van der Waals surface area (Å²) in [5, 5.41) is 0. The van der Waals surface area contributed by atoms with E-state index < -0.39 is 12.9 Å². The molecular formula is C2H3F4K. The van der Waals surface area contributed by atoms with Gasteiger partial charge in [-0.3, -0.25) is 0 Å². The predicted octanol–water partition coefficient (Wildman–Crippen LogP) is 0.868. The minimum absolute atomic E-state index is 0. The van der Waals surface area contributed by atoms with Crippen LogP contribution in [0, 0.1) is 0 Å². The SMILES string of the molecule is FC(F)C(F)F.[KH]. The molecule has 0 fully saturated rings. The van der Waals surface area contributed by atoms with Gasteiger partial charge in [-0.2, -0.15) is 0 Å². The first-order valence-electron chi connectivity index (χ1n) is 1.21. The Bertz CT molecular complexity index is 30.7. The molecule has 7 heavy (non-hydrogen) atoms. The second-order valence-electron chi connectivity index (χ2n) is 0.669. The molecule has 0 aliphatic rings. The maximum absolute atomic E-state index is 10.4. The number of hydrogen-bond donors (Lipinski definition) is 0. The molecule has 0 saturated carbocycles. The molecule has 0 aromatic carbocycles. The van der Waals surface area contributed by atoms with Crippen molar-refractivity contribution in [2.24, 2.45) is 0 Å². The fourth-order valence-electron chi connectivity index (χ4n) is 0. The van der Waals surface area contributed by atoms with Crippen LogP contribution in [0.2, 0.25) is 0 Å². The molecule has 0 radical (unpaired) electrons. The van der Waals surface area contributed by atoms with Gasteiger partial charge in [0.2, 0.25) is 0 Å². The molecule has 0 unspecified atom stereocenters. The van der Waals surface area contributed by atoms with E-state index in [1.807, 2.05) is 0 Å². The Labute approximate surface area is 80.7 Å². The van der Waals surface area contributed by atoms with Gasteiger partial charge in [0.15, 0.2) is 0 Å². The summed E-state index contributed by atoms with van der Waals surface area (Å²) in [7, 11) is 0. The van der Waals surface area contributed by atoms with Crippen LogP contribution < -0.4 is 0 Å². The Morgan fingerprint density at radius 2 is 0.857 bits per heavy atom. The van der Waals surface area contributed by atoms with Gasteiger partial charge < -0.3 is 0 Å². The number of halogens is 4. The topological polar surface area (TPSA) is 0 Å². The van der Waals surface area contributed by atoms with E-state index in [0.717, 1.165) is 0 Å². The van der Waals surface area contributed by atoms with E-state index in [9.17, 15) is 17.6 Å². The van der Waals surface area contributed by atoms with Crippen molar-refractivity contribution in [1.29, 1.82) is 0 Å². The van der Waals surface area contributed by atoms with Crippen molar-refractivity contribution in [3.05, 3.63) is 0 Å². The summed E-state index contributed by atoms with van der Waals surface area (Å²) in [6.45, 7) is 0. The molecule has 0 saturated heterocycles. The van der Waals surface area contributed by atoms with Crippen molar-refractivity contribution < 1.29 is 17.6 Å². The Morgan fingerprint density at radius 3 is 0.857 bits per heavy atom. The van der Waals surface area contributed by atoms with Crippen molar-refractivity contribution in [2.75, 3.05) is 0 Å². The number of alkyl halides is 4. The first kappa shape index (κ1) is 11.2. The van der Waals surface area contributed by atoms with Crippen molar-refractivity contribution in [3.8, 4) is 0 Å². The third-order valence-electron chi connectivity index (χ3n) is 0.190. The van der Waals surface area contributed by atoms with E-state index in [-0.39, 0.29) is 51.4 Å². The van der Waals surface area contributed by atoms with E-state index in [4.69, 9.17) is 0 Å². The molecule has 0 N–H and O–H groups in total. The van der Waals surface area contributed by atoms with E-state index in [0.29, 0.717) is 0 Å². The zero-order chi connectivity index (χ0) is 5.15. The first-order chi connectivity index (χ1) is 2.64. The van der Waals surface area contributed by atoms with Crippen LogP contribution in [-0.2, 0) is 0 Å². The standard InChI is InChI=1S/C2H2F4.K.H/c3-1(4)2(5)6;;/h1-2H;;. The number of rotatable bonds is 1. The molecule has 0 aliphatic carbocycles. The van der Waals surface area contributed by atoms with Crippen LogP contribution >= 0.6 is 0 Å². The van der Waals surface area contributed by atoms with Gasteiger partial charge in [0.25, 0.3) is 12.9 Å². The Kier molecular flexibility index (Phi) is 8.78. The monoisotopic (exact) mass is 142 g/mol. The Hall–Kier alpha value is 1.36. The van der Waals surface area contributed by atoms with Crippen LogP contribution in [0.3, 0.4) is 0 Å². The third-order valence-corrected chi connectivity index (χ3v) is 0.190. The zero-order valence-corrected chi connectivity index (χ0v) is 2.67. The van der Waals surface area contributed by atoms with Crippen LogP contribution in [-0.4, -0.2) is 64.2 Å². The minimum atomic E-state index is -3.48. The van der Waals surface area contributed by atoms with Crippen LogP contribution in [0.25, 0.3) is 0 Å². The average molecular weight is 142 g/mol. The van der Waals surface area contributed by atoms with E-state index in [1.165, 1.54) is 0 Å². The van der Waals surface area contributed by atoms with E-state index in [1.54, 1.807) is 0 Å². The summed E-state index contributed by atoms with van der Waals surface area (Å²) in [6.07, 6.45) is -6.96. The summed E-state index contributed by atoms with van der Waals surface area (Å²) in [5.74, 6) is 0. The molecule has 0 aliphatic heterocycles. The fourth-order valence-corrected chi connectivity index (χ4v) is 0. The quantitative estimate of drug-likeness (QED) is 0.376. The molecule has 0 nitrogen and oxygen atoms in total. The van der Waals surface area contributed by atoms with Gasteiger partial charge in [-0.1, -0.05) is 0 Å². The van der Waals surface area contributed by atoms with Crippen molar-refractivity contribution >= 4 is 51.4 Å². The van der Waals surface area contributed by atoms with Gasteiger partial charge in [0, 0.05) is 0 Å². The molecule has 0 spiro atoms. The third kappa shape index (κ3) is 7.36. The van der Waals surface area contributed by atoms with Crippen molar-refractivity contribution in [1.82, 2.24) is 0 Å². The molecule has 5 heteroatoms. The van der Waals surface area contributed by atoms with Crippen LogP contribution in [0.4, 0.5) is 17.6 Å². The van der Waals surface area contributed by atoms with Gasteiger partial charge in [-0.05, 0) is 0 Å². The second-order valence-corrected chi connectivity index (χ2v) is 0.669. The fraction of sp³-hybridized carbons (Fsp3) is 1.00. The molecule has 0 bridgehead atoms. The van der Waals surface area contributed by atoms with E-state index in [2.05, 4.69) is 0 Å². The number of hydrogen-bond acceptors (Lipinski definition) is 0. The van der Waals surface area contributed by atoms with Crippen LogP contribution in [0.15, 0.2) is 0 Å². The van der Waals surface area contributed by atoms with Crippen molar-refractivity contribution in [3.63, 3.8) is 0 Å². The molecule has 0 aromatic rings. The Balaban J connectivity index is 0. The van der Waals surface area contributed by atoms with Gasteiger partial charge in [-0.15, -0.1) is 0 Å². The summed E-state index contributed by atoms with van der Waals surface area (Å²) in [5.41, 5.74) is 0. The first-order valence-corrected chi connectivity index (χ1v) is 1.21. The second kappa shape index (κ2) is 5.49. The molecule has 40 valence electrons. The predicted molar refractivity (Wildman–Crippen MR) is 19.2 cm³/mol. The molecule has 0 atom stereocenters. The van der Waals surface area contributed by atoms with Gasteiger partial charge >= 0.3 is 51.4 Å². The van der Waals surface area contributed by atoms with Gasteiger partial charge in [0.1, 0.15) is 0 Å². The molecule has 0 amide bonds. The van der Waals surface area contributed by atoms with Crippen LogP contribution in [0.1, 0.15) is 0 Å². The van der Waals surface area contributed by atoms with Gasteiger partial charge in [0.05, 0.1) is 0 Å². The average Bonchev–Trinajstić information content (AvgIpc) is 1.36.